The number of nitriles is 1. The predicted octanol–water partition coefficient (Wildman–Crippen LogP) is 4.39. The van der Waals surface area contributed by atoms with Crippen LogP contribution in [0.15, 0.2) is 36.0 Å². The lowest BCUT2D eigenvalue weighted by atomic mass is 9.98. The fraction of sp³-hybridized carbons (Fsp3) is 0.500. The van der Waals surface area contributed by atoms with Crippen molar-refractivity contribution in [2.24, 2.45) is 5.92 Å². The van der Waals surface area contributed by atoms with Gasteiger partial charge in [-0.25, -0.2) is 0 Å². The Hall–Kier alpha value is -1.29. The van der Waals surface area contributed by atoms with Crippen LogP contribution >= 0.6 is 0 Å². The van der Waals surface area contributed by atoms with Crippen molar-refractivity contribution in [2.75, 3.05) is 0 Å². The molecule has 0 radical (unpaired) electrons. The molecular weight excluding hydrogens is 182 g/mol. The van der Waals surface area contributed by atoms with Crippen molar-refractivity contribution in [2.45, 2.75) is 40.0 Å². The van der Waals surface area contributed by atoms with Crippen LogP contribution < -0.4 is 0 Å². The second-order valence-corrected chi connectivity index (χ2v) is 3.90. The van der Waals surface area contributed by atoms with Gasteiger partial charge in [0.05, 0.1) is 11.6 Å². The van der Waals surface area contributed by atoms with Crippen LogP contribution in [0.4, 0.5) is 0 Å². The van der Waals surface area contributed by atoms with Crippen molar-refractivity contribution in [3.8, 4) is 6.07 Å². The van der Waals surface area contributed by atoms with E-state index in [1.165, 1.54) is 0 Å². The maximum Gasteiger partial charge on any atom is 0.0991 e. The summed E-state index contributed by atoms with van der Waals surface area (Å²) in [5, 5.41) is 8.88. The fourth-order valence-electron chi connectivity index (χ4n) is 1.23. The van der Waals surface area contributed by atoms with Gasteiger partial charge in [0.1, 0.15) is 0 Å². The average Bonchev–Trinajstić information content (AvgIpc) is 2.23. The van der Waals surface area contributed by atoms with Crippen LogP contribution in [0.2, 0.25) is 0 Å². The summed E-state index contributed by atoms with van der Waals surface area (Å²) in [6, 6.07) is 2.17. The molecule has 0 saturated heterocycles. The van der Waals surface area contributed by atoms with Gasteiger partial charge in [-0.3, -0.25) is 0 Å². The molecule has 0 bridgehead atoms. The Bertz CT molecular complexity index is 289. The summed E-state index contributed by atoms with van der Waals surface area (Å²) in [7, 11) is 0. The molecule has 82 valence electrons. The normalized spacial score (nSPS) is 13.9. The zero-order valence-corrected chi connectivity index (χ0v) is 10.1. The molecule has 0 spiro atoms. The average molecular weight is 203 g/mol. The zero-order valence-electron chi connectivity index (χ0n) is 10.1. The summed E-state index contributed by atoms with van der Waals surface area (Å²) in [5.74, 6) is 0.642. The van der Waals surface area contributed by atoms with Crippen molar-refractivity contribution < 1.29 is 0 Å². The van der Waals surface area contributed by atoms with Gasteiger partial charge in [-0.1, -0.05) is 45.4 Å². The smallest absolute Gasteiger partial charge is 0.0991 e. The van der Waals surface area contributed by atoms with E-state index in [0.29, 0.717) is 11.5 Å². The highest BCUT2D eigenvalue weighted by Gasteiger charge is 2.00. The second kappa shape index (κ2) is 8.05. The highest BCUT2D eigenvalue weighted by molar-refractivity contribution is 5.38. The fourth-order valence-corrected chi connectivity index (χ4v) is 1.23. The molecule has 0 aromatic heterocycles. The van der Waals surface area contributed by atoms with Crippen LogP contribution in [0.25, 0.3) is 0 Å². The first-order valence-corrected chi connectivity index (χ1v) is 5.60. The molecule has 0 aliphatic heterocycles. The number of allylic oxidation sites excluding steroid dienone is 5. The van der Waals surface area contributed by atoms with Gasteiger partial charge in [-0.15, -0.1) is 0 Å². The first-order chi connectivity index (χ1) is 7.13. The lowest BCUT2D eigenvalue weighted by Gasteiger charge is -2.07. The van der Waals surface area contributed by atoms with Gasteiger partial charge in [0.25, 0.3) is 0 Å². The Morgan fingerprint density at radius 1 is 1.47 bits per heavy atom. The van der Waals surface area contributed by atoms with E-state index >= 15 is 0 Å². The van der Waals surface area contributed by atoms with Gasteiger partial charge in [-0.05, 0) is 30.9 Å². The molecule has 0 aliphatic carbocycles. The van der Waals surface area contributed by atoms with Crippen LogP contribution in [0.5, 0.6) is 0 Å². The van der Waals surface area contributed by atoms with Gasteiger partial charge in [0.2, 0.25) is 0 Å². The van der Waals surface area contributed by atoms with Crippen molar-refractivity contribution in [3.05, 3.63) is 36.0 Å². The van der Waals surface area contributed by atoms with Crippen molar-refractivity contribution in [1.82, 2.24) is 0 Å². The first kappa shape index (κ1) is 13.7. The van der Waals surface area contributed by atoms with Crippen LogP contribution in [0.3, 0.4) is 0 Å². The Kier molecular flexibility index (Phi) is 7.36. The van der Waals surface area contributed by atoms with Crippen molar-refractivity contribution >= 4 is 0 Å². The van der Waals surface area contributed by atoms with E-state index in [0.717, 1.165) is 24.8 Å². The summed E-state index contributed by atoms with van der Waals surface area (Å²) in [5.41, 5.74) is 1.74. The minimum atomic E-state index is 0.642. The molecule has 0 aromatic carbocycles. The predicted molar refractivity (Wildman–Crippen MR) is 66.3 cm³/mol. The molecule has 0 amide bonds. The molecule has 0 rings (SSSR count). The van der Waals surface area contributed by atoms with Gasteiger partial charge >= 0.3 is 0 Å². The van der Waals surface area contributed by atoms with Crippen LogP contribution in [-0.4, -0.2) is 0 Å². The molecule has 0 aromatic rings. The van der Waals surface area contributed by atoms with Crippen molar-refractivity contribution in [1.29, 1.82) is 5.26 Å². The quantitative estimate of drug-likeness (QED) is 0.464. The number of rotatable bonds is 6. The largest absolute Gasteiger partial charge is 0.192 e. The summed E-state index contributed by atoms with van der Waals surface area (Å²) < 4.78 is 0. The summed E-state index contributed by atoms with van der Waals surface area (Å²) in [6.45, 7) is 10.4. The SMILES string of the molecule is C=C(/C=C(C#N)\C=C/CC)CC(C)CC. The molecule has 0 heterocycles. The lowest BCUT2D eigenvalue weighted by molar-refractivity contribution is 0.563. The highest BCUT2D eigenvalue weighted by atomic mass is 14.2. The van der Waals surface area contributed by atoms with Gasteiger partial charge in [0, 0.05) is 0 Å². The third-order valence-electron chi connectivity index (χ3n) is 2.33. The third kappa shape index (κ3) is 6.74. The summed E-state index contributed by atoms with van der Waals surface area (Å²) in [4.78, 5) is 0. The maximum atomic E-state index is 8.88. The third-order valence-corrected chi connectivity index (χ3v) is 2.33. The standard InChI is InChI=1S/C14H21N/c1-5-7-8-14(11-15)10-13(4)9-12(3)6-2/h7-8,10,12H,4-6,9H2,1-3H3/b8-7-,14-10+. The molecule has 1 nitrogen and oxygen atoms in total. The van der Waals surface area contributed by atoms with E-state index in [1.54, 1.807) is 0 Å². The summed E-state index contributed by atoms with van der Waals surface area (Å²) >= 11 is 0. The van der Waals surface area contributed by atoms with E-state index < -0.39 is 0 Å². The van der Waals surface area contributed by atoms with E-state index in [4.69, 9.17) is 5.26 Å². The minimum absolute atomic E-state index is 0.642. The molecular formula is C14H21N. The molecule has 0 N–H and O–H groups in total. The van der Waals surface area contributed by atoms with E-state index in [9.17, 15) is 0 Å². The van der Waals surface area contributed by atoms with Gasteiger partial charge in [0.15, 0.2) is 0 Å². The Labute approximate surface area is 93.8 Å². The highest BCUT2D eigenvalue weighted by Crippen LogP contribution is 2.15. The molecule has 0 fully saturated rings. The summed E-state index contributed by atoms with van der Waals surface area (Å²) in [6.07, 6.45) is 8.82. The van der Waals surface area contributed by atoms with Gasteiger partial charge in [-0.2, -0.15) is 5.26 Å². The lowest BCUT2D eigenvalue weighted by Crippen LogP contribution is -1.92. The molecule has 0 saturated carbocycles. The number of hydrogen-bond acceptors (Lipinski definition) is 1. The van der Waals surface area contributed by atoms with E-state index in [2.05, 4.69) is 33.4 Å². The minimum Gasteiger partial charge on any atom is -0.192 e. The van der Waals surface area contributed by atoms with Crippen molar-refractivity contribution in [3.63, 3.8) is 0 Å². The Morgan fingerprint density at radius 3 is 2.60 bits per heavy atom. The van der Waals surface area contributed by atoms with Crippen LogP contribution in [-0.2, 0) is 0 Å². The van der Waals surface area contributed by atoms with Crippen LogP contribution in [0.1, 0.15) is 40.0 Å². The first-order valence-electron chi connectivity index (χ1n) is 5.60. The monoisotopic (exact) mass is 203 g/mol. The molecule has 1 heteroatoms. The van der Waals surface area contributed by atoms with Gasteiger partial charge < -0.3 is 0 Å². The van der Waals surface area contributed by atoms with E-state index in [1.807, 2.05) is 18.2 Å². The molecule has 0 aliphatic rings. The number of hydrogen-bond donors (Lipinski definition) is 0. The zero-order chi connectivity index (χ0) is 11.7. The number of nitrogens with zero attached hydrogens (tertiary/aromatic N) is 1. The topological polar surface area (TPSA) is 23.8 Å². The second-order valence-electron chi connectivity index (χ2n) is 3.90. The Morgan fingerprint density at radius 2 is 2.13 bits per heavy atom. The molecule has 1 unspecified atom stereocenters. The van der Waals surface area contributed by atoms with Crippen LogP contribution in [0, 0.1) is 17.2 Å². The van der Waals surface area contributed by atoms with E-state index in [-0.39, 0.29) is 0 Å². The molecule has 15 heavy (non-hydrogen) atoms. The maximum absolute atomic E-state index is 8.88. The molecule has 1 atom stereocenters. The Balaban J connectivity index is 4.38.